The fourth-order valence-corrected chi connectivity index (χ4v) is 2.88. The Balaban J connectivity index is 2.33. The molecule has 0 bridgehead atoms. The van der Waals surface area contributed by atoms with Crippen LogP contribution < -0.4 is 0 Å². The van der Waals surface area contributed by atoms with Gasteiger partial charge in [0.05, 0.1) is 25.0 Å². The van der Waals surface area contributed by atoms with Crippen LogP contribution in [0.25, 0.3) is 0 Å². The molecule has 1 aromatic carbocycles. The molecule has 0 saturated carbocycles. The van der Waals surface area contributed by atoms with Crippen LogP contribution in [-0.2, 0) is 14.3 Å². The fraction of sp³-hybridized carbons (Fsp3) is 0.500. The van der Waals surface area contributed by atoms with Crippen molar-refractivity contribution in [3.63, 3.8) is 0 Å². The molecule has 1 saturated heterocycles. The van der Waals surface area contributed by atoms with Gasteiger partial charge in [0.25, 0.3) is 0 Å². The minimum atomic E-state index is -0.955. The average molecular weight is 326 g/mol. The Bertz CT molecular complexity index is 525. The Morgan fingerprint density at radius 2 is 1.86 bits per heavy atom. The number of hydrogen-bond donors (Lipinski definition) is 1. The number of carbonyl (C=O) groups is 2. The van der Waals surface area contributed by atoms with Crippen LogP contribution in [0.2, 0.25) is 5.02 Å². The SMILES string of the molecule is CC[C@@H](C(=O)O)[C@H](C(=O)N1CCOCC1)c1ccc(Cl)cc1. The third-order valence-corrected chi connectivity index (χ3v) is 4.23. The van der Waals surface area contributed by atoms with Crippen LogP contribution in [0, 0.1) is 5.92 Å². The molecule has 2 atom stereocenters. The predicted molar refractivity (Wildman–Crippen MR) is 83.0 cm³/mol. The topological polar surface area (TPSA) is 66.8 Å². The number of carboxylic acid groups (broad SMARTS) is 1. The monoisotopic (exact) mass is 325 g/mol. The zero-order valence-electron chi connectivity index (χ0n) is 12.5. The van der Waals surface area contributed by atoms with E-state index in [4.69, 9.17) is 16.3 Å². The van der Waals surface area contributed by atoms with E-state index >= 15 is 0 Å². The summed E-state index contributed by atoms with van der Waals surface area (Å²) in [5.41, 5.74) is 0.690. The molecule has 6 heteroatoms. The highest BCUT2D eigenvalue weighted by molar-refractivity contribution is 6.30. The van der Waals surface area contributed by atoms with E-state index < -0.39 is 17.8 Å². The van der Waals surface area contributed by atoms with Gasteiger partial charge in [0, 0.05) is 18.1 Å². The van der Waals surface area contributed by atoms with Gasteiger partial charge in [-0.2, -0.15) is 0 Å². The van der Waals surface area contributed by atoms with Crippen molar-refractivity contribution in [3.05, 3.63) is 34.9 Å². The summed E-state index contributed by atoms with van der Waals surface area (Å²) in [4.78, 5) is 26.1. The summed E-state index contributed by atoms with van der Waals surface area (Å²) in [6.07, 6.45) is 0.388. The van der Waals surface area contributed by atoms with Crippen molar-refractivity contribution in [3.8, 4) is 0 Å². The number of amides is 1. The standard InChI is InChI=1S/C16H20ClNO4/c1-2-13(16(20)21)14(11-3-5-12(17)6-4-11)15(19)18-7-9-22-10-8-18/h3-6,13-14H,2,7-10H2,1H3,(H,20,21)/t13-,14-/m1/s1. The number of morpholine rings is 1. The highest BCUT2D eigenvalue weighted by Crippen LogP contribution is 2.31. The Morgan fingerprint density at radius 1 is 1.27 bits per heavy atom. The van der Waals surface area contributed by atoms with Crippen LogP contribution in [0.5, 0.6) is 0 Å². The molecule has 1 aliphatic rings. The van der Waals surface area contributed by atoms with Gasteiger partial charge in [0.2, 0.25) is 5.91 Å². The number of carbonyl (C=O) groups excluding carboxylic acids is 1. The lowest BCUT2D eigenvalue weighted by molar-refractivity contribution is -0.149. The van der Waals surface area contributed by atoms with Crippen LogP contribution in [-0.4, -0.2) is 48.2 Å². The average Bonchev–Trinajstić information content (AvgIpc) is 2.53. The van der Waals surface area contributed by atoms with Gasteiger partial charge in [-0.3, -0.25) is 9.59 Å². The van der Waals surface area contributed by atoms with Gasteiger partial charge in [0.1, 0.15) is 0 Å². The van der Waals surface area contributed by atoms with Crippen LogP contribution in [0.4, 0.5) is 0 Å². The summed E-state index contributed by atoms with van der Waals surface area (Å²) in [5.74, 6) is -2.56. The first-order valence-corrected chi connectivity index (χ1v) is 7.77. The summed E-state index contributed by atoms with van der Waals surface area (Å²) >= 11 is 5.89. The van der Waals surface area contributed by atoms with Gasteiger partial charge in [0.15, 0.2) is 0 Å². The molecule has 5 nitrogen and oxygen atoms in total. The Hall–Kier alpha value is -1.59. The molecule has 1 amide bonds. The van der Waals surface area contributed by atoms with Crippen molar-refractivity contribution < 1.29 is 19.4 Å². The molecule has 1 aromatic rings. The lowest BCUT2D eigenvalue weighted by Gasteiger charge is -2.32. The fourth-order valence-electron chi connectivity index (χ4n) is 2.75. The minimum absolute atomic E-state index is 0.153. The maximum absolute atomic E-state index is 12.9. The van der Waals surface area contributed by atoms with Crippen molar-refractivity contribution in [1.29, 1.82) is 0 Å². The molecule has 2 rings (SSSR count). The molecule has 0 unspecified atom stereocenters. The molecule has 1 N–H and O–H groups in total. The van der Waals surface area contributed by atoms with Crippen LogP contribution in [0.15, 0.2) is 24.3 Å². The van der Waals surface area contributed by atoms with Crippen LogP contribution in [0.1, 0.15) is 24.8 Å². The molecule has 0 aromatic heterocycles. The van der Waals surface area contributed by atoms with E-state index in [1.165, 1.54) is 0 Å². The van der Waals surface area contributed by atoms with E-state index in [0.29, 0.717) is 43.3 Å². The molecular weight excluding hydrogens is 306 g/mol. The van der Waals surface area contributed by atoms with E-state index in [1.54, 1.807) is 36.1 Å². The quantitative estimate of drug-likeness (QED) is 0.902. The molecule has 22 heavy (non-hydrogen) atoms. The Kier molecular flexibility index (Phi) is 5.80. The van der Waals surface area contributed by atoms with Gasteiger partial charge in [-0.15, -0.1) is 0 Å². The summed E-state index contributed by atoms with van der Waals surface area (Å²) < 4.78 is 5.26. The van der Waals surface area contributed by atoms with E-state index in [-0.39, 0.29) is 5.91 Å². The molecule has 120 valence electrons. The maximum Gasteiger partial charge on any atom is 0.307 e. The van der Waals surface area contributed by atoms with Crippen molar-refractivity contribution in [2.24, 2.45) is 5.92 Å². The van der Waals surface area contributed by atoms with Gasteiger partial charge in [-0.05, 0) is 24.1 Å². The number of hydrogen-bond acceptors (Lipinski definition) is 3. The number of carboxylic acids is 1. The Labute approximate surface area is 134 Å². The van der Waals surface area contributed by atoms with Crippen molar-refractivity contribution >= 4 is 23.5 Å². The zero-order chi connectivity index (χ0) is 16.1. The first kappa shape index (κ1) is 16.8. The molecule has 1 fully saturated rings. The van der Waals surface area contributed by atoms with E-state index in [1.807, 2.05) is 0 Å². The molecule has 1 heterocycles. The third kappa shape index (κ3) is 3.78. The lowest BCUT2D eigenvalue weighted by atomic mass is 9.83. The second kappa shape index (κ2) is 7.61. The van der Waals surface area contributed by atoms with E-state index in [0.717, 1.165) is 0 Å². The van der Waals surface area contributed by atoms with Gasteiger partial charge in [-0.1, -0.05) is 30.7 Å². The van der Waals surface area contributed by atoms with Gasteiger partial charge in [-0.25, -0.2) is 0 Å². The van der Waals surface area contributed by atoms with Crippen molar-refractivity contribution in [2.45, 2.75) is 19.3 Å². The highest BCUT2D eigenvalue weighted by atomic mass is 35.5. The van der Waals surface area contributed by atoms with Gasteiger partial charge < -0.3 is 14.7 Å². The summed E-state index contributed by atoms with van der Waals surface area (Å²) in [7, 11) is 0. The predicted octanol–water partition coefficient (Wildman–Crippen LogP) is 2.39. The van der Waals surface area contributed by atoms with Crippen LogP contribution >= 0.6 is 11.6 Å². The zero-order valence-corrected chi connectivity index (χ0v) is 13.3. The minimum Gasteiger partial charge on any atom is -0.481 e. The number of rotatable bonds is 5. The third-order valence-electron chi connectivity index (χ3n) is 3.98. The number of nitrogens with zero attached hydrogens (tertiary/aromatic N) is 1. The second-order valence-electron chi connectivity index (χ2n) is 5.32. The normalized spacial score (nSPS) is 17.8. The Morgan fingerprint density at radius 3 is 2.36 bits per heavy atom. The highest BCUT2D eigenvalue weighted by Gasteiger charge is 2.36. The van der Waals surface area contributed by atoms with Crippen molar-refractivity contribution in [2.75, 3.05) is 26.3 Å². The molecule has 0 radical (unpaired) electrons. The maximum atomic E-state index is 12.9. The van der Waals surface area contributed by atoms with Crippen molar-refractivity contribution in [1.82, 2.24) is 4.90 Å². The number of benzene rings is 1. The molecule has 1 aliphatic heterocycles. The lowest BCUT2D eigenvalue weighted by Crippen LogP contribution is -2.45. The smallest absolute Gasteiger partial charge is 0.307 e. The number of halogens is 1. The summed E-state index contributed by atoms with van der Waals surface area (Å²) in [6, 6.07) is 6.84. The first-order chi connectivity index (χ1) is 10.5. The molecular formula is C16H20ClNO4. The van der Waals surface area contributed by atoms with Gasteiger partial charge >= 0.3 is 5.97 Å². The largest absolute Gasteiger partial charge is 0.481 e. The molecule has 0 aliphatic carbocycles. The molecule has 0 spiro atoms. The number of aliphatic carboxylic acids is 1. The second-order valence-corrected chi connectivity index (χ2v) is 5.76. The summed E-state index contributed by atoms with van der Waals surface area (Å²) in [6.45, 7) is 3.76. The van der Waals surface area contributed by atoms with E-state index in [9.17, 15) is 14.7 Å². The first-order valence-electron chi connectivity index (χ1n) is 7.39. The summed E-state index contributed by atoms with van der Waals surface area (Å²) in [5, 5.41) is 10.0. The number of ether oxygens (including phenoxy) is 1. The van der Waals surface area contributed by atoms with E-state index in [2.05, 4.69) is 0 Å². The van der Waals surface area contributed by atoms with Crippen LogP contribution in [0.3, 0.4) is 0 Å².